The molecular weight excluding hydrogens is 538 g/mol. The summed E-state index contributed by atoms with van der Waals surface area (Å²) in [6, 6.07) is 9.38. The Kier molecular flexibility index (Phi) is 15.6. The number of ether oxygens (including phenoxy) is 1. The minimum absolute atomic E-state index is 0.00592. The van der Waals surface area contributed by atoms with Crippen LogP contribution in [0.1, 0.15) is 113 Å². The fourth-order valence-electron chi connectivity index (χ4n) is 4.89. The van der Waals surface area contributed by atoms with Gasteiger partial charge in [0.2, 0.25) is 5.91 Å². The smallest absolute Gasteiger partial charge is 0.303 e. The van der Waals surface area contributed by atoms with Crippen LogP contribution in [0.5, 0.6) is 0 Å². The van der Waals surface area contributed by atoms with Crippen molar-refractivity contribution in [1.82, 2.24) is 15.2 Å². The summed E-state index contributed by atoms with van der Waals surface area (Å²) >= 11 is 1.39. The van der Waals surface area contributed by atoms with Gasteiger partial charge in [0.25, 0.3) is 5.91 Å². The van der Waals surface area contributed by atoms with Crippen LogP contribution in [0.2, 0.25) is 0 Å². The van der Waals surface area contributed by atoms with Gasteiger partial charge in [-0.1, -0.05) is 71.4 Å². The number of carboxylic acids is 1. The van der Waals surface area contributed by atoms with Crippen LogP contribution in [0.4, 0.5) is 0 Å². The fraction of sp³-hybridized carbons (Fsp3) is 0.625. The Morgan fingerprint density at radius 1 is 1.05 bits per heavy atom. The van der Waals surface area contributed by atoms with Gasteiger partial charge < -0.3 is 20.1 Å². The largest absolute Gasteiger partial charge is 0.481 e. The first-order chi connectivity index (χ1) is 19.7. The molecule has 8 nitrogen and oxygen atoms in total. The number of aliphatic carboxylic acids is 1. The van der Waals surface area contributed by atoms with E-state index in [1.165, 1.54) is 11.3 Å². The molecule has 1 aromatic heterocycles. The number of nitrogens with zero attached hydrogens (tertiary/aromatic N) is 2. The third-order valence-corrected chi connectivity index (χ3v) is 8.01. The van der Waals surface area contributed by atoms with Gasteiger partial charge >= 0.3 is 5.97 Å². The SMILES string of the molecule is CCCCC(=O)N(CCC)C(CC(OCCC)c1nc(C(=O)NC(CCC(=O)O)Cc2ccccc2)cs1)C(C)C. The maximum atomic E-state index is 13.2. The fourth-order valence-corrected chi connectivity index (χ4v) is 5.75. The minimum Gasteiger partial charge on any atom is -0.481 e. The van der Waals surface area contributed by atoms with E-state index in [4.69, 9.17) is 9.72 Å². The number of thiazole rings is 1. The lowest BCUT2D eigenvalue weighted by atomic mass is 9.95. The molecule has 228 valence electrons. The molecule has 0 radical (unpaired) electrons. The molecule has 2 rings (SSSR count). The average Bonchev–Trinajstić information content (AvgIpc) is 3.44. The Balaban J connectivity index is 2.23. The molecule has 1 heterocycles. The van der Waals surface area contributed by atoms with E-state index in [-0.39, 0.29) is 42.3 Å². The lowest BCUT2D eigenvalue weighted by molar-refractivity contribution is -0.137. The summed E-state index contributed by atoms with van der Waals surface area (Å²) in [6.45, 7) is 11.8. The Morgan fingerprint density at radius 3 is 2.39 bits per heavy atom. The van der Waals surface area contributed by atoms with E-state index in [1.807, 2.05) is 35.2 Å². The number of hydrogen-bond acceptors (Lipinski definition) is 6. The van der Waals surface area contributed by atoms with E-state index in [2.05, 4.69) is 39.9 Å². The molecule has 0 aliphatic carbocycles. The molecule has 0 bridgehead atoms. The standard InChI is InChI=1S/C32H49N3O5S/c1-6-9-15-29(36)35(18-7-2)27(23(4)5)21-28(40-19-8-3)32-34-26(22-41-32)31(39)33-25(16-17-30(37)38)20-24-13-11-10-12-14-24/h10-14,22-23,25,27-28H,6-9,15-21H2,1-5H3,(H,33,39)(H,37,38). The van der Waals surface area contributed by atoms with Crippen molar-refractivity contribution in [2.24, 2.45) is 5.92 Å². The monoisotopic (exact) mass is 587 g/mol. The van der Waals surface area contributed by atoms with Crippen molar-refractivity contribution < 1.29 is 24.2 Å². The maximum absolute atomic E-state index is 13.2. The third kappa shape index (κ3) is 11.9. The molecule has 0 fully saturated rings. The zero-order valence-electron chi connectivity index (χ0n) is 25.4. The molecule has 3 unspecified atom stereocenters. The van der Waals surface area contributed by atoms with Crippen LogP contribution >= 0.6 is 11.3 Å². The van der Waals surface area contributed by atoms with Crippen LogP contribution < -0.4 is 5.32 Å². The van der Waals surface area contributed by atoms with Crippen molar-refractivity contribution in [3.05, 3.63) is 52.0 Å². The van der Waals surface area contributed by atoms with Crippen molar-refractivity contribution >= 4 is 29.1 Å². The molecule has 0 spiro atoms. The number of unbranched alkanes of at least 4 members (excludes halogenated alkanes) is 1. The van der Waals surface area contributed by atoms with Crippen molar-refractivity contribution in [2.45, 2.75) is 111 Å². The Bertz CT molecular complexity index is 1060. The highest BCUT2D eigenvalue weighted by molar-refractivity contribution is 7.09. The molecule has 0 saturated carbocycles. The van der Waals surface area contributed by atoms with Crippen molar-refractivity contribution in [1.29, 1.82) is 0 Å². The lowest BCUT2D eigenvalue weighted by Gasteiger charge is -2.36. The van der Waals surface area contributed by atoms with Crippen LogP contribution in [0.3, 0.4) is 0 Å². The van der Waals surface area contributed by atoms with Crippen molar-refractivity contribution in [3.63, 3.8) is 0 Å². The second-order valence-electron chi connectivity index (χ2n) is 11.0. The summed E-state index contributed by atoms with van der Waals surface area (Å²) in [5.74, 6) is -0.799. The van der Waals surface area contributed by atoms with Gasteiger partial charge in [-0.25, -0.2) is 4.98 Å². The second-order valence-corrected chi connectivity index (χ2v) is 11.9. The molecule has 0 aliphatic heterocycles. The van der Waals surface area contributed by atoms with Gasteiger partial charge in [0.1, 0.15) is 16.8 Å². The lowest BCUT2D eigenvalue weighted by Crippen LogP contribution is -2.44. The number of carbonyl (C=O) groups is 3. The van der Waals surface area contributed by atoms with Crippen LogP contribution in [0.25, 0.3) is 0 Å². The number of nitrogens with one attached hydrogen (secondary N) is 1. The normalized spacial score (nSPS) is 13.5. The third-order valence-electron chi connectivity index (χ3n) is 7.07. The second kappa shape index (κ2) is 18.6. The van der Waals surface area contributed by atoms with E-state index in [0.29, 0.717) is 44.5 Å². The van der Waals surface area contributed by atoms with Gasteiger partial charge in [-0.2, -0.15) is 0 Å². The maximum Gasteiger partial charge on any atom is 0.303 e. The number of hydrogen-bond donors (Lipinski definition) is 2. The Morgan fingerprint density at radius 2 is 1.78 bits per heavy atom. The van der Waals surface area contributed by atoms with Gasteiger partial charge in [0, 0.05) is 49.9 Å². The van der Waals surface area contributed by atoms with Crippen molar-refractivity contribution in [2.75, 3.05) is 13.2 Å². The van der Waals surface area contributed by atoms with Crippen LogP contribution in [0.15, 0.2) is 35.7 Å². The molecule has 2 amide bonds. The topological polar surface area (TPSA) is 109 Å². The highest BCUT2D eigenvalue weighted by atomic mass is 32.1. The van der Waals surface area contributed by atoms with Crippen LogP contribution in [-0.4, -0.2) is 58.0 Å². The average molecular weight is 588 g/mol. The molecular formula is C32H49N3O5S. The zero-order valence-corrected chi connectivity index (χ0v) is 26.3. The van der Waals surface area contributed by atoms with E-state index < -0.39 is 5.97 Å². The number of aromatic nitrogens is 1. The zero-order chi connectivity index (χ0) is 30.2. The Hall–Kier alpha value is -2.78. The quantitative estimate of drug-likeness (QED) is 0.179. The van der Waals surface area contributed by atoms with Gasteiger partial charge in [0.15, 0.2) is 0 Å². The molecule has 3 atom stereocenters. The molecule has 1 aromatic carbocycles. The first kappa shape index (κ1) is 34.4. The van der Waals surface area contributed by atoms with E-state index in [0.717, 1.165) is 36.3 Å². The minimum atomic E-state index is -0.894. The molecule has 41 heavy (non-hydrogen) atoms. The molecule has 2 N–H and O–H groups in total. The summed E-state index contributed by atoms with van der Waals surface area (Å²) in [5.41, 5.74) is 1.33. The Labute approximate surface area is 249 Å². The summed E-state index contributed by atoms with van der Waals surface area (Å²) in [7, 11) is 0. The molecule has 0 aliphatic rings. The predicted molar refractivity (Wildman–Crippen MR) is 164 cm³/mol. The van der Waals surface area contributed by atoms with Crippen molar-refractivity contribution in [3.8, 4) is 0 Å². The van der Waals surface area contributed by atoms with Gasteiger partial charge in [-0.05, 0) is 43.6 Å². The first-order valence-corrected chi connectivity index (χ1v) is 16.0. The summed E-state index contributed by atoms with van der Waals surface area (Å²) in [4.78, 5) is 44.4. The van der Waals surface area contributed by atoms with E-state index >= 15 is 0 Å². The number of carbonyl (C=O) groups excluding carboxylic acids is 2. The van der Waals surface area contributed by atoms with E-state index in [9.17, 15) is 19.5 Å². The summed E-state index contributed by atoms with van der Waals surface area (Å²) in [5, 5.41) is 14.7. The highest BCUT2D eigenvalue weighted by Gasteiger charge is 2.31. The summed E-state index contributed by atoms with van der Waals surface area (Å²) in [6.07, 6.45) is 5.24. The number of rotatable bonds is 20. The highest BCUT2D eigenvalue weighted by Crippen LogP contribution is 2.31. The number of carboxylic acid groups (broad SMARTS) is 1. The van der Waals surface area contributed by atoms with Crippen LogP contribution in [-0.2, 0) is 20.7 Å². The summed E-state index contributed by atoms with van der Waals surface area (Å²) < 4.78 is 6.28. The first-order valence-electron chi connectivity index (χ1n) is 15.1. The van der Waals surface area contributed by atoms with Gasteiger partial charge in [-0.3, -0.25) is 14.4 Å². The van der Waals surface area contributed by atoms with E-state index in [1.54, 1.807) is 5.38 Å². The molecule has 0 saturated heterocycles. The number of amides is 2. The predicted octanol–water partition coefficient (Wildman–Crippen LogP) is 6.66. The molecule has 2 aromatic rings. The van der Waals surface area contributed by atoms with Gasteiger partial charge in [0.05, 0.1) is 0 Å². The van der Waals surface area contributed by atoms with Gasteiger partial charge in [-0.15, -0.1) is 11.3 Å². The number of benzene rings is 1. The van der Waals surface area contributed by atoms with Crippen LogP contribution in [0, 0.1) is 5.92 Å². The molecule has 9 heteroatoms.